The number of benzene rings is 2. The fourth-order valence-corrected chi connectivity index (χ4v) is 3.28. The number of anilines is 1. The number of carbonyl (C=O) groups is 2. The molecule has 162 valence electrons. The van der Waals surface area contributed by atoms with Crippen molar-refractivity contribution in [3.05, 3.63) is 41.5 Å². The fourth-order valence-electron chi connectivity index (χ4n) is 3.01. The molecule has 1 aliphatic rings. The molecule has 1 aliphatic heterocycles. The molecule has 0 saturated carbocycles. The summed E-state index contributed by atoms with van der Waals surface area (Å²) in [7, 11) is 5.70. The van der Waals surface area contributed by atoms with Gasteiger partial charge in [0.2, 0.25) is 5.75 Å². The highest BCUT2D eigenvalue weighted by Gasteiger charge is 2.36. The Morgan fingerprint density at radius 2 is 1.55 bits per heavy atom. The van der Waals surface area contributed by atoms with Gasteiger partial charge < -0.3 is 24.1 Å². The Kier molecular flexibility index (Phi) is 6.30. The zero-order valence-electron chi connectivity index (χ0n) is 17.2. The second-order valence-electron chi connectivity index (χ2n) is 6.27. The van der Waals surface area contributed by atoms with Crippen molar-refractivity contribution >= 4 is 40.9 Å². The second kappa shape index (κ2) is 8.92. The number of ether oxygens (including phenoxy) is 4. The standard InChI is InChI=1S/C21H20N2O7S/c1-27-12-5-6-14(15(10-12)28-2)23-20(26)13(19(25)22-21(23)31)7-11-8-16(29-3)18(24)17(9-11)30-4/h5-10,24H,1-4H3,(H,22,25,31). The average Bonchev–Trinajstić information content (AvgIpc) is 2.77. The number of phenolic OH excluding ortho intramolecular Hbond substituents is 1. The summed E-state index contributed by atoms with van der Waals surface area (Å²) >= 11 is 5.23. The smallest absolute Gasteiger partial charge is 0.270 e. The van der Waals surface area contributed by atoms with E-state index in [1.807, 2.05) is 0 Å². The van der Waals surface area contributed by atoms with E-state index in [2.05, 4.69) is 5.32 Å². The van der Waals surface area contributed by atoms with Crippen LogP contribution in [0.15, 0.2) is 35.9 Å². The minimum atomic E-state index is -0.662. The van der Waals surface area contributed by atoms with Gasteiger partial charge in [0, 0.05) is 6.07 Å². The summed E-state index contributed by atoms with van der Waals surface area (Å²) in [5, 5.41) is 12.5. The average molecular weight is 444 g/mol. The molecule has 1 saturated heterocycles. The Morgan fingerprint density at radius 1 is 0.935 bits per heavy atom. The van der Waals surface area contributed by atoms with Gasteiger partial charge in [0.15, 0.2) is 16.6 Å². The number of phenols is 1. The predicted octanol–water partition coefficient (Wildman–Crippen LogP) is 2.26. The molecule has 0 spiro atoms. The third kappa shape index (κ3) is 4.10. The van der Waals surface area contributed by atoms with Gasteiger partial charge in [0.05, 0.1) is 34.1 Å². The van der Waals surface area contributed by atoms with Crippen LogP contribution in [0.2, 0.25) is 0 Å². The Morgan fingerprint density at radius 3 is 2.10 bits per heavy atom. The first-order valence-electron chi connectivity index (χ1n) is 8.93. The Labute approximate surface area is 183 Å². The van der Waals surface area contributed by atoms with Crippen LogP contribution < -0.4 is 29.2 Å². The lowest BCUT2D eigenvalue weighted by molar-refractivity contribution is -0.122. The zero-order chi connectivity index (χ0) is 22.7. The third-order valence-electron chi connectivity index (χ3n) is 4.54. The first-order valence-corrected chi connectivity index (χ1v) is 9.33. The van der Waals surface area contributed by atoms with Gasteiger partial charge in [-0.15, -0.1) is 0 Å². The Hall–Kier alpha value is -3.79. The third-order valence-corrected chi connectivity index (χ3v) is 4.83. The van der Waals surface area contributed by atoms with E-state index in [9.17, 15) is 14.7 Å². The predicted molar refractivity (Wildman–Crippen MR) is 117 cm³/mol. The molecule has 31 heavy (non-hydrogen) atoms. The van der Waals surface area contributed by atoms with Crippen LogP contribution >= 0.6 is 12.2 Å². The SMILES string of the molecule is COc1ccc(N2C(=O)C(=Cc3cc(OC)c(O)c(OC)c3)C(=O)NC2=S)c(OC)c1. The maximum Gasteiger partial charge on any atom is 0.270 e. The number of amides is 2. The van der Waals surface area contributed by atoms with Gasteiger partial charge in [-0.25, -0.2) is 4.90 Å². The molecule has 2 N–H and O–H groups in total. The van der Waals surface area contributed by atoms with E-state index < -0.39 is 11.8 Å². The van der Waals surface area contributed by atoms with E-state index in [1.54, 1.807) is 18.2 Å². The Balaban J connectivity index is 2.09. The maximum atomic E-state index is 13.3. The lowest BCUT2D eigenvalue weighted by Crippen LogP contribution is -2.54. The molecule has 3 rings (SSSR count). The maximum absolute atomic E-state index is 13.3. The number of carbonyl (C=O) groups excluding carboxylic acids is 2. The van der Waals surface area contributed by atoms with Crippen LogP contribution in [-0.4, -0.2) is 50.5 Å². The van der Waals surface area contributed by atoms with Crippen LogP contribution in [0.4, 0.5) is 5.69 Å². The van der Waals surface area contributed by atoms with Gasteiger partial charge in [-0.3, -0.25) is 14.9 Å². The lowest BCUT2D eigenvalue weighted by atomic mass is 10.1. The van der Waals surface area contributed by atoms with Crippen molar-refractivity contribution < 1.29 is 33.6 Å². The number of nitrogens with zero attached hydrogens (tertiary/aromatic N) is 1. The molecule has 1 fully saturated rings. The molecule has 0 aliphatic carbocycles. The number of thiocarbonyl (C=S) groups is 1. The summed E-state index contributed by atoms with van der Waals surface area (Å²) in [6.45, 7) is 0. The van der Waals surface area contributed by atoms with Gasteiger partial charge in [0.1, 0.15) is 17.1 Å². The van der Waals surface area contributed by atoms with Crippen molar-refractivity contribution in [3.63, 3.8) is 0 Å². The van der Waals surface area contributed by atoms with E-state index in [4.69, 9.17) is 31.2 Å². The van der Waals surface area contributed by atoms with Gasteiger partial charge >= 0.3 is 0 Å². The number of hydrogen-bond donors (Lipinski definition) is 2. The van der Waals surface area contributed by atoms with Crippen molar-refractivity contribution in [2.24, 2.45) is 0 Å². The zero-order valence-corrected chi connectivity index (χ0v) is 18.0. The molecule has 1 heterocycles. The van der Waals surface area contributed by atoms with E-state index in [1.165, 1.54) is 46.6 Å². The molecule has 0 bridgehead atoms. The molecule has 2 aromatic rings. The van der Waals surface area contributed by atoms with Crippen LogP contribution in [0.5, 0.6) is 28.7 Å². The Bertz CT molecular complexity index is 1070. The van der Waals surface area contributed by atoms with Crippen molar-refractivity contribution in [2.75, 3.05) is 33.3 Å². The molecule has 0 aromatic heterocycles. The molecular formula is C21H20N2O7S. The quantitative estimate of drug-likeness (QED) is 0.397. The number of rotatable bonds is 6. The van der Waals surface area contributed by atoms with E-state index in [0.29, 0.717) is 22.7 Å². The monoisotopic (exact) mass is 444 g/mol. The van der Waals surface area contributed by atoms with E-state index in [0.717, 1.165) is 4.90 Å². The van der Waals surface area contributed by atoms with Crippen molar-refractivity contribution in [3.8, 4) is 28.7 Å². The molecule has 0 atom stereocenters. The molecule has 2 amide bonds. The van der Waals surface area contributed by atoms with Crippen LogP contribution in [0.25, 0.3) is 6.08 Å². The second-order valence-corrected chi connectivity index (χ2v) is 6.66. The highest BCUT2D eigenvalue weighted by molar-refractivity contribution is 7.80. The summed E-state index contributed by atoms with van der Waals surface area (Å²) in [5.41, 5.74) is 0.561. The molecule has 2 aromatic carbocycles. The highest BCUT2D eigenvalue weighted by atomic mass is 32.1. The minimum absolute atomic E-state index is 0.0866. The summed E-state index contributed by atoms with van der Waals surface area (Å²) in [4.78, 5) is 27.0. The summed E-state index contributed by atoms with van der Waals surface area (Å²) in [5.74, 6) is -0.402. The first kappa shape index (κ1) is 21.9. The molecule has 0 radical (unpaired) electrons. The normalized spacial score (nSPS) is 15.0. The van der Waals surface area contributed by atoms with Crippen LogP contribution in [0.3, 0.4) is 0 Å². The van der Waals surface area contributed by atoms with Crippen LogP contribution in [0.1, 0.15) is 5.56 Å². The van der Waals surface area contributed by atoms with Gasteiger partial charge in [0.25, 0.3) is 11.8 Å². The molecule has 0 unspecified atom stereocenters. The fraction of sp³-hybridized carbons (Fsp3) is 0.190. The van der Waals surface area contributed by atoms with Crippen LogP contribution in [0, 0.1) is 0 Å². The van der Waals surface area contributed by atoms with Crippen molar-refractivity contribution in [1.29, 1.82) is 0 Å². The first-order chi connectivity index (χ1) is 14.8. The molecule has 10 heteroatoms. The number of methoxy groups -OCH3 is 4. The molecule has 9 nitrogen and oxygen atoms in total. The van der Waals surface area contributed by atoms with E-state index >= 15 is 0 Å². The number of nitrogens with one attached hydrogen (secondary N) is 1. The van der Waals surface area contributed by atoms with Crippen molar-refractivity contribution in [2.45, 2.75) is 0 Å². The summed E-state index contributed by atoms with van der Waals surface area (Å²) in [6.07, 6.45) is 1.35. The largest absolute Gasteiger partial charge is 0.502 e. The van der Waals surface area contributed by atoms with Gasteiger partial charge in [-0.1, -0.05) is 0 Å². The van der Waals surface area contributed by atoms with E-state index in [-0.39, 0.29) is 27.9 Å². The lowest BCUT2D eigenvalue weighted by Gasteiger charge is -2.30. The van der Waals surface area contributed by atoms with Crippen LogP contribution in [-0.2, 0) is 9.59 Å². The van der Waals surface area contributed by atoms with Gasteiger partial charge in [-0.05, 0) is 48.1 Å². The summed E-state index contributed by atoms with van der Waals surface area (Å²) < 4.78 is 20.8. The molecular weight excluding hydrogens is 424 g/mol. The minimum Gasteiger partial charge on any atom is -0.502 e. The topological polar surface area (TPSA) is 107 Å². The summed E-state index contributed by atoms with van der Waals surface area (Å²) in [6, 6.07) is 7.78. The number of hydrogen-bond acceptors (Lipinski definition) is 8. The van der Waals surface area contributed by atoms with Gasteiger partial charge in [-0.2, -0.15) is 0 Å². The van der Waals surface area contributed by atoms with Crippen molar-refractivity contribution in [1.82, 2.24) is 5.32 Å². The highest BCUT2D eigenvalue weighted by Crippen LogP contribution is 2.38. The number of aromatic hydroxyl groups is 1.